The molecule has 7 heteroatoms. The van der Waals surface area contributed by atoms with Gasteiger partial charge in [0.15, 0.2) is 6.29 Å². The second-order valence-corrected chi connectivity index (χ2v) is 6.93. The normalized spacial score (nSPS) is 28.3. The van der Waals surface area contributed by atoms with E-state index in [0.717, 1.165) is 38.5 Å². The number of aliphatic hydroxyl groups is 1. The van der Waals surface area contributed by atoms with Gasteiger partial charge in [0.25, 0.3) is 0 Å². The van der Waals surface area contributed by atoms with Crippen LogP contribution in [0.25, 0.3) is 0 Å². The summed E-state index contributed by atoms with van der Waals surface area (Å²) in [4.78, 5) is 11.2. The number of hydrogen-bond donors (Lipinski definition) is 1. The van der Waals surface area contributed by atoms with Crippen molar-refractivity contribution in [2.24, 2.45) is 0 Å². The quantitative estimate of drug-likeness (QED) is 0.361. The van der Waals surface area contributed by atoms with Gasteiger partial charge in [-0.15, -0.1) is 0 Å². The summed E-state index contributed by atoms with van der Waals surface area (Å²) in [5, 5.41) is 10.5. The van der Waals surface area contributed by atoms with Gasteiger partial charge in [0.1, 0.15) is 31.0 Å². The lowest BCUT2D eigenvalue weighted by molar-refractivity contribution is -0.311. The van der Waals surface area contributed by atoms with Crippen molar-refractivity contribution < 1.29 is 33.6 Å². The minimum absolute atomic E-state index is 0.0124. The highest BCUT2D eigenvalue weighted by Gasteiger charge is 2.48. The molecule has 0 bridgehead atoms. The molecule has 0 radical (unpaired) electrons. The highest BCUT2D eigenvalue weighted by Crippen LogP contribution is 2.28. The van der Waals surface area contributed by atoms with E-state index in [1.807, 2.05) is 0 Å². The monoisotopic (exact) mass is 390 g/mol. The van der Waals surface area contributed by atoms with Gasteiger partial charge in [0.05, 0.1) is 0 Å². The smallest absolute Gasteiger partial charge is 0.302 e. The van der Waals surface area contributed by atoms with Crippen molar-refractivity contribution in [1.82, 2.24) is 0 Å². The molecule has 1 aliphatic rings. The first-order valence-corrected chi connectivity index (χ1v) is 10.4. The molecule has 0 aromatic rings. The van der Waals surface area contributed by atoms with Crippen molar-refractivity contribution in [1.29, 1.82) is 0 Å². The van der Waals surface area contributed by atoms with E-state index in [2.05, 4.69) is 20.8 Å². The largest absolute Gasteiger partial charge is 0.463 e. The standard InChI is InChI=1S/C20H38O7/c1-5-8-11-23-17-16(14-26-15(4)21)27-20(22)19(25-13-10-7-3)18(17)24-12-9-6-2/h16-20,22H,5-14H2,1-4H3/t16?,17-,18?,19-,20+/m1/s1. The van der Waals surface area contributed by atoms with Crippen LogP contribution < -0.4 is 0 Å². The second kappa shape index (κ2) is 14.3. The third-order valence-electron chi connectivity index (χ3n) is 4.48. The summed E-state index contributed by atoms with van der Waals surface area (Å²) in [7, 11) is 0. The third-order valence-corrected chi connectivity index (χ3v) is 4.48. The number of aliphatic hydroxyl groups excluding tert-OH is 1. The van der Waals surface area contributed by atoms with Gasteiger partial charge >= 0.3 is 5.97 Å². The topological polar surface area (TPSA) is 83.5 Å². The molecule has 0 saturated carbocycles. The highest BCUT2D eigenvalue weighted by atomic mass is 16.7. The van der Waals surface area contributed by atoms with Crippen LogP contribution in [-0.2, 0) is 28.5 Å². The van der Waals surface area contributed by atoms with Crippen LogP contribution in [0.2, 0.25) is 0 Å². The van der Waals surface area contributed by atoms with Crippen molar-refractivity contribution in [2.45, 2.75) is 96.9 Å². The molecule has 1 N–H and O–H groups in total. The molecular weight excluding hydrogens is 352 g/mol. The van der Waals surface area contributed by atoms with Crippen LogP contribution in [0.3, 0.4) is 0 Å². The first kappa shape index (κ1) is 24.3. The third kappa shape index (κ3) is 8.87. The van der Waals surface area contributed by atoms with Crippen molar-refractivity contribution in [3.05, 3.63) is 0 Å². The van der Waals surface area contributed by atoms with Crippen LogP contribution in [0, 0.1) is 0 Å². The first-order valence-electron chi connectivity index (χ1n) is 10.4. The number of carbonyl (C=O) groups excluding carboxylic acids is 1. The maximum Gasteiger partial charge on any atom is 0.302 e. The van der Waals surface area contributed by atoms with Gasteiger partial charge in [0.2, 0.25) is 0 Å². The number of esters is 1. The summed E-state index contributed by atoms with van der Waals surface area (Å²) in [5.74, 6) is -0.398. The molecule has 0 aromatic carbocycles. The molecular formula is C20H38O7. The molecule has 1 saturated heterocycles. The Kier molecular flexibility index (Phi) is 12.9. The average Bonchev–Trinajstić information content (AvgIpc) is 2.64. The predicted octanol–water partition coefficient (Wildman–Crippen LogP) is 2.82. The van der Waals surface area contributed by atoms with E-state index >= 15 is 0 Å². The van der Waals surface area contributed by atoms with Gasteiger partial charge < -0.3 is 28.8 Å². The van der Waals surface area contributed by atoms with Crippen LogP contribution >= 0.6 is 0 Å². The van der Waals surface area contributed by atoms with Crippen molar-refractivity contribution in [3.63, 3.8) is 0 Å². The maximum absolute atomic E-state index is 11.2. The number of carbonyl (C=O) groups is 1. The lowest BCUT2D eigenvalue weighted by atomic mass is 9.98. The molecule has 160 valence electrons. The Hall–Kier alpha value is -0.730. The molecule has 27 heavy (non-hydrogen) atoms. The number of rotatable bonds is 14. The van der Waals surface area contributed by atoms with E-state index in [1.54, 1.807) is 0 Å². The van der Waals surface area contributed by atoms with E-state index in [0.29, 0.717) is 19.8 Å². The van der Waals surface area contributed by atoms with Crippen LogP contribution in [0.15, 0.2) is 0 Å². The second-order valence-electron chi connectivity index (χ2n) is 6.93. The average molecular weight is 391 g/mol. The van der Waals surface area contributed by atoms with Gasteiger partial charge in [-0.25, -0.2) is 0 Å². The Morgan fingerprint density at radius 3 is 1.81 bits per heavy atom. The van der Waals surface area contributed by atoms with Crippen LogP contribution in [0.1, 0.15) is 66.2 Å². The Morgan fingerprint density at radius 1 is 0.852 bits per heavy atom. The minimum atomic E-state index is -1.15. The Morgan fingerprint density at radius 2 is 1.33 bits per heavy atom. The number of ether oxygens (including phenoxy) is 5. The van der Waals surface area contributed by atoms with Crippen molar-refractivity contribution in [2.75, 3.05) is 26.4 Å². The molecule has 0 spiro atoms. The van der Waals surface area contributed by atoms with E-state index < -0.39 is 36.7 Å². The highest BCUT2D eigenvalue weighted by molar-refractivity contribution is 5.65. The molecule has 1 aliphatic heterocycles. The zero-order valence-electron chi connectivity index (χ0n) is 17.4. The van der Waals surface area contributed by atoms with Gasteiger partial charge in [-0.2, -0.15) is 0 Å². The van der Waals surface area contributed by atoms with Gasteiger partial charge in [-0.3, -0.25) is 4.79 Å². The fourth-order valence-electron chi connectivity index (χ4n) is 2.89. The summed E-state index contributed by atoms with van der Waals surface area (Å²) >= 11 is 0. The summed E-state index contributed by atoms with van der Waals surface area (Å²) in [6, 6.07) is 0. The molecule has 1 fully saturated rings. The number of hydrogen-bond acceptors (Lipinski definition) is 7. The molecule has 1 heterocycles. The Labute approximate surface area is 163 Å². The maximum atomic E-state index is 11.2. The van der Waals surface area contributed by atoms with Gasteiger partial charge in [-0.1, -0.05) is 40.0 Å². The predicted molar refractivity (Wildman–Crippen MR) is 101 cm³/mol. The lowest BCUT2D eigenvalue weighted by Gasteiger charge is -2.44. The minimum Gasteiger partial charge on any atom is -0.463 e. The Bertz CT molecular complexity index is 391. The van der Waals surface area contributed by atoms with E-state index in [-0.39, 0.29) is 6.61 Å². The first-order chi connectivity index (χ1) is 13.0. The summed E-state index contributed by atoms with van der Waals surface area (Å²) in [6.45, 7) is 9.24. The van der Waals surface area contributed by atoms with E-state index in [1.165, 1.54) is 6.92 Å². The van der Waals surface area contributed by atoms with Crippen molar-refractivity contribution >= 4 is 5.97 Å². The van der Waals surface area contributed by atoms with Crippen molar-refractivity contribution in [3.8, 4) is 0 Å². The molecule has 0 aromatic heterocycles. The van der Waals surface area contributed by atoms with Crippen LogP contribution in [0.5, 0.6) is 0 Å². The van der Waals surface area contributed by atoms with E-state index in [9.17, 15) is 9.90 Å². The van der Waals surface area contributed by atoms with Gasteiger partial charge in [-0.05, 0) is 19.3 Å². The molecule has 0 amide bonds. The molecule has 0 aliphatic carbocycles. The molecule has 1 rings (SSSR count). The molecule has 7 nitrogen and oxygen atoms in total. The van der Waals surface area contributed by atoms with Gasteiger partial charge in [0, 0.05) is 26.7 Å². The fourth-order valence-corrected chi connectivity index (χ4v) is 2.89. The van der Waals surface area contributed by atoms with E-state index in [4.69, 9.17) is 23.7 Å². The summed E-state index contributed by atoms with van der Waals surface area (Å²) in [5.41, 5.74) is 0. The number of unbranched alkanes of at least 4 members (excludes halogenated alkanes) is 3. The van der Waals surface area contributed by atoms with Crippen LogP contribution in [-0.4, -0.2) is 68.2 Å². The zero-order chi connectivity index (χ0) is 20.1. The fraction of sp³-hybridized carbons (Fsp3) is 0.950. The molecule has 5 atom stereocenters. The SMILES string of the molecule is CCCCOC1[C@H](OCCCC)C(COC(C)=O)O[C@H](O)[C@@H]1OCCCC. The molecule has 2 unspecified atom stereocenters. The summed E-state index contributed by atoms with van der Waals surface area (Å²) < 4.78 is 28.9. The zero-order valence-corrected chi connectivity index (χ0v) is 17.4. The lowest BCUT2D eigenvalue weighted by Crippen LogP contribution is -2.61. The Balaban J connectivity index is 2.90. The van der Waals surface area contributed by atoms with Crippen LogP contribution in [0.4, 0.5) is 0 Å². The summed E-state index contributed by atoms with van der Waals surface area (Å²) in [6.07, 6.45) is 2.38.